The van der Waals surface area contributed by atoms with Crippen LogP contribution in [0.5, 0.6) is 0 Å². The van der Waals surface area contributed by atoms with Crippen molar-refractivity contribution >= 4 is 5.91 Å². The summed E-state index contributed by atoms with van der Waals surface area (Å²) in [5, 5.41) is 10.7. The van der Waals surface area contributed by atoms with Crippen LogP contribution in [0.25, 0.3) is 11.5 Å². The van der Waals surface area contributed by atoms with Crippen molar-refractivity contribution in [2.45, 2.75) is 6.04 Å². The fourth-order valence-electron chi connectivity index (χ4n) is 2.87. The molecule has 0 aliphatic rings. The van der Waals surface area contributed by atoms with Gasteiger partial charge in [-0.25, -0.2) is 8.78 Å². The van der Waals surface area contributed by atoms with Crippen LogP contribution >= 0.6 is 0 Å². The van der Waals surface area contributed by atoms with Crippen LogP contribution in [-0.4, -0.2) is 16.1 Å². The predicted molar refractivity (Wildman–Crippen MR) is 102 cm³/mol. The molecular formula is C22H15F2N3O2. The highest BCUT2D eigenvalue weighted by Gasteiger charge is 2.26. The highest BCUT2D eigenvalue weighted by Crippen LogP contribution is 2.27. The Balaban J connectivity index is 1.71. The van der Waals surface area contributed by atoms with Crippen molar-refractivity contribution in [3.63, 3.8) is 0 Å². The number of amides is 1. The summed E-state index contributed by atoms with van der Waals surface area (Å²) in [6.07, 6.45) is 0. The molecule has 7 heteroatoms. The van der Waals surface area contributed by atoms with Crippen LogP contribution < -0.4 is 5.32 Å². The number of hydrogen-bond acceptors (Lipinski definition) is 4. The standard InChI is InChI=1S/C22H15F2N3O2/c23-16-10-6-9-15(13-16)20(28)25-19(17-11-4-5-12-18(17)24)22-27-26-21(29-22)14-7-2-1-3-8-14/h1-13,19H,(H,25,28)/t19-/m1/s1. The lowest BCUT2D eigenvalue weighted by Crippen LogP contribution is -2.30. The average molecular weight is 391 g/mol. The molecule has 0 unspecified atom stereocenters. The van der Waals surface area contributed by atoms with Gasteiger partial charge in [0.2, 0.25) is 11.8 Å². The van der Waals surface area contributed by atoms with Gasteiger partial charge in [-0.05, 0) is 36.4 Å². The minimum atomic E-state index is -1.04. The third kappa shape index (κ3) is 4.03. The van der Waals surface area contributed by atoms with E-state index in [0.29, 0.717) is 5.56 Å². The van der Waals surface area contributed by atoms with Gasteiger partial charge in [-0.15, -0.1) is 10.2 Å². The van der Waals surface area contributed by atoms with E-state index in [9.17, 15) is 13.6 Å². The van der Waals surface area contributed by atoms with Crippen LogP contribution in [0.1, 0.15) is 27.9 Å². The van der Waals surface area contributed by atoms with E-state index in [-0.39, 0.29) is 22.9 Å². The molecule has 0 aliphatic carbocycles. The van der Waals surface area contributed by atoms with Gasteiger partial charge in [-0.3, -0.25) is 4.79 Å². The molecule has 0 bridgehead atoms. The van der Waals surface area contributed by atoms with Gasteiger partial charge in [-0.2, -0.15) is 0 Å². The molecule has 0 saturated heterocycles. The maximum absolute atomic E-state index is 14.5. The molecule has 3 aromatic carbocycles. The number of nitrogens with zero attached hydrogens (tertiary/aromatic N) is 2. The fraction of sp³-hybridized carbons (Fsp3) is 0.0455. The van der Waals surface area contributed by atoms with Crippen molar-refractivity contribution in [3.8, 4) is 11.5 Å². The van der Waals surface area contributed by atoms with Crippen LogP contribution in [0.3, 0.4) is 0 Å². The smallest absolute Gasteiger partial charge is 0.252 e. The highest BCUT2D eigenvalue weighted by molar-refractivity contribution is 5.94. The molecule has 1 aromatic heterocycles. The van der Waals surface area contributed by atoms with E-state index in [1.807, 2.05) is 18.2 Å². The first-order valence-corrected chi connectivity index (χ1v) is 8.81. The molecule has 1 atom stereocenters. The minimum absolute atomic E-state index is 0.0127. The number of benzene rings is 3. The number of nitrogens with one attached hydrogen (secondary N) is 1. The summed E-state index contributed by atoms with van der Waals surface area (Å²) < 4.78 is 33.7. The Morgan fingerprint density at radius 2 is 1.66 bits per heavy atom. The second kappa shape index (κ2) is 8.02. The summed E-state index contributed by atoms with van der Waals surface area (Å²) in [4.78, 5) is 12.7. The Labute approximate surface area is 165 Å². The molecule has 29 heavy (non-hydrogen) atoms. The molecule has 4 aromatic rings. The van der Waals surface area contributed by atoms with Crippen molar-refractivity contribution in [2.24, 2.45) is 0 Å². The summed E-state index contributed by atoms with van der Waals surface area (Å²) in [5.41, 5.74) is 0.935. The van der Waals surface area contributed by atoms with E-state index in [1.165, 1.54) is 36.4 Å². The summed E-state index contributed by atoms with van der Waals surface area (Å²) in [5.74, 6) is -1.45. The molecule has 5 nitrogen and oxygen atoms in total. The lowest BCUT2D eigenvalue weighted by atomic mass is 10.1. The second-order valence-corrected chi connectivity index (χ2v) is 6.25. The Bertz CT molecular complexity index is 1150. The third-order valence-electron chi connectivity index (χ3n) is 4.29. The third-order valence-corrected chi connectivity index (χ3v) is 4.29. The minimum Gasteiger partial charge on any atom is -0.418 e. The molecule has 0 fully saturated rings. The van der Waals surface area contributed by atoms with Crippen LogP contribution in [0.4, 0.5) is 8.78 Å². The summed E-state index contributed by atoms with van der Waals surface area (Å²) >= 11 is 0. The van der Waals surface area contributed by atoms with E-state index in [0.717, 1.165) is 6.07 Å². The van der Waals surface area contributed by atoms with E-state index < -0.39 is 23.6 Å². The molecule has 0 aliphatic heterocycles. The molecule has 1 heterocycles. The van der Waals surface area contributed by atoms with Gasteiger partial charge < -0.3 is 9.73 Å². The zero-order valence-corrected chi connectivity index (χ0v) is 15.0. The number of carbonyl (C=O) groups is 1. The van der Waals surface area contributed by atoms with Crippen molar-refractivity contribution in [3.05, 3.63) is 108 Å². The average Bonchev–Trinajstić information content (AvgIpc) is 3.23. The van der Waals surface area contributed by atoms with Crippen molar-refractivity contribution < 1.29 is 18.0 Å². The predicted octanol–water partition coefficient (Wildman–Crippen LogP) is 4.53. The summed E-state index contributed by atoms with van der Waals surface area (Å²) in [6, 6.07) is 19.2. The van der Waals surface area contributed by atoms with Gasteiger partial charge in [-0.1, -0.05) is 42.5 Å². The maximum Gasteiger partial charge on any atom is 0.252 e. The van der Waals surface area contributed by atoms with E-state index >= 15 is 0 Å². The summed E-state index contributed by atoms with van der Waals surface area (Å²) in [7, 11) is 0. The lowest BCUT2D eigenvalue weighted by Gasteiger charge is -2.16. The first kappa shape index (κ1) is 18.5. The quantitative estimate of drug-likeness (QED) is 0.543. The Kier molecular flexibility index (Phi) is 5.11. The number of halogens is 2. The molecular weight excluding hydrogens is 376 g/mol. The largest absolute Gasteiger partial charge is 0.418 e. The fourth-order valence-corrected chi connectivity index (χ4v) is 2.87. The van der Waals surface area contributed by atoms with Crippen molar-refractivity contribution in [2.75, 3.05) is 0 Å². The Hall–Kier alpha value is -3.87. The van der Waals surface area contributed by atoms with E-state index in [1.54, 1.807) is 18.2 Å². The van der Waals surface area contributed by atoms with E-state index in [4.69, 9.17) is 4.42 Å². The molecule has 144 valence electrons. The van der Waals surface area contributed by atoms with Crippen LogP contribution in [-0.2, 0) is 0 Å². The molecule has 0 spiro atoms. The zero-order valence-electron chi connectivity index (χ0n) is 15.0. The first-order chi connectivity index (χ1) is 14.1. The number of aromatic nitrogens is 2. The molecule has 1 amide bonds. The van der Waals surface area contributed by atoms with Crippen molar-refractivity contribution in [1.82, 2.24) is 15.5 Å². The molecule has 0 saturated carbocycles. The van der Waals surface area contributed by atoms with Gasteiger partial charge in [0.1, 0.15) is 17.7 Å². The van der Waals surface area contributed by atoms with Gasteiger partial charge in [0, 0.05) is 16.7 Å². The SMILES string of the molecule is O=C(N[C@@H](c1nnc(-c2ccccc2)o1)c1ccccc1F)c1cccc(F)c1. The second-order valence-electron chi connectivity index (χ2n) is 6.25. The Morgan fingerprint density at radius 3 is 2.41 bits per heavy atom. The number of carbonyl (C=O) groups excluding carboxylic acids is 1. The van der Waals surface area contributed by atoms with Gasteiger partial charge in [0.15, 0.2) is 0 Å². The molecule has 4 rings (SSSR count). The topological polar surface area (TPSA) is 68.0 Å². The molecule has 1 N–H and O–H groups in total. The summed E-state index contributed by atoms with van der Waals surface area (Å²) in [6.45, 7) is 0. The number of rotatable bonds is 5. The van der Waals surface area contributed by atoms with Crippen molar-refractivity contribution in [1.29, 1.82) is 0 Å². The lowest BCUT2D eigenvalue weighted by molar-refractivity contribution is 0.0937. The van der Waals surface area contributed by atoms with Crippen LogP contribution in [0.15, 0.2) is 83.3 Å². The van der Waals surface area contributed by atoms with Gasteiger partial charge in [0.25, 0.3) is 5.91 Å². The zero-order chi connectivity index (χ0) is 20.2. The van der Waals surface area contributed by atoms with Gasteiger partial charge in [0.05, 0.1) is 0 Å². The number of hydrogen-bond donors (Lipinski definition) is 1. The maximum atomic E-state index is 14.5. The van der Waals surface area contributed by atoms with Crippen LogP contribution in [0, 0.1) is 11.6 Å². The van der Waals surface area contributed by atoms with Crippen LogP contribution in [0.2, 0.25) is 0 Å². The normalized spacial score (nSPS) is 11.8. The Morgan fingerprint density at radius 1 is 0.897 bits per heavy atom. The first-order valence-electron chi connectivity index (χ1n) is 8.81. The highest BCUT2D eigenvalue weighted by atomic mass is 19.1. The van der Waals surface area contributed by atoms with E-state index in [2.05, 4.69) is 15.5 Å². The van der Waals surface area contributed by atoms with Gasteiger partial charge >= 0.3 is 0 Å². The molecule has 0 radical (unpaired) electrons. The monoisotopic (exact) mass is 391 g/mol.